The standard InChI is InChI=1S/C18H19N3O3/c19-17(22)14-2-1-3-15(12-14)20-18(23)13-4-6-16(7-5-13)21-8-10-24-11-9-21/h1-7,12H,8-11H2,(H2,19,22)(H,20,23). The van der Waals surface area contributed by atoms with Crippen molar-refractivity contribution in [3.8, 4) is 0 Å². The molecule has 1 aliphatic rings. The maximum absolute atomic E-state index is 12.3. The van der Waals surface area contributed by atoms with Crippen molar-refractivity contribution in [3.05, 3.63) is 59.7 Å². The summed E-state index contributed by atoms with van der Waals surface area (Å²) in [7, 11) is 0. The molecule has 2 aromatic carbocycles. The smallest absolute Gasteiger partial charge is 0.255 e. The lowest BCUT2D eigenvalue weighted by molar-refractivity contribution is 0.0996. The van der Waals surface area contributed by atoms with Gasteiger partial charge in [-0.2, -0.15) is 0 Å². The molecule has 2 amide bonds. The molecule has 2 aromatic rings. The third kappa shape index (κ3) is 3.72. The summed E-state index contributed by atoms with van der Waals surface area (Å²) in [6, 6.07) is 14.0. The number of carbonyl (C=O) groups excluding carboxylic acids is 2. The molecule has 0 saturated carbocycles. The zero-order chi connectivity index (χ0) is 16.9. The van der Waals surface area contributed by atoms with Crippen LogP contribution < -0.4 is 16.0 Å². The molecule has 124 valence electrons. The van der Waals surface area contributed by atoms with Crippen LogP contribution in [0.5, 0.6) is 0 Å². The molecule has 1 fully saturated rings. The predicted molar refractivity (Wildman–Crippen MR) is 92.4 cm³/mol. The van der Waals surface area contributed by atoms with E-state index >= 15 is 0 Å². The first kappa shape index (κ1) is 16.0. The fourth-order valence-corrected chi connectivity index (χ4v) is 2.60. The first-order valence-electron chi connectivity index (χ1n) is 7.77. The topological polar surface area (TPSA) is 84.7 Å². The van der Waals surface area contributed by atoms with Gasteiger partial charge in [0.05, 0.1) is 13.2 Å². The zero-order valence-electron chi connectivity index (χ0n) is 13.2. The van der Waals surface area contributed by atoms with Gasteiger partial charge in [0.15, 0.2) is 0 Å². The Bertz CT molecular complexity index is 737. The second kappa shape index (κ2) is 7.14. The molecule has 3 rings (SSSR count). The van der Waals surface area contributed by atoms with E-state index in [4.69, 9.17) is 10.5 Å². The number of morpholine rings is 1. The van der Waals surface area contributed by atoms with Crippen LogP contribution in [-0.2, 0) is 4.74 Å². The first-order chi connectivity index (χ1) is 11.6. The molecule has 0 atom stereocenters. The van der Waals surface area contributed by atoms with E-state index in [0.717, 1.165) is 32.0 Å². The summed E-state index contributed by atoms with van der Waals surface area (Å²) >= 11 is 0. The van der Waals surface area contributed by atoms with Gasteiger partial charge in [-0.25, -0.2) is 0 Å². The second-order valence-corrected chi connectivity index (χ2v) is 5.55. The lowest BCUT2D eigenvalue weighted by atomic mass is 10.1. The van der Waals surface area contributed by atoms with Gasteiger partial charge in [0, 0.05) is 35.6 Å². The predicted octanol–water partition coefficient (Wildman–Crippen LogP) is 1.87. The van der Waals surface area contributed by atoms with Gasteiger partial charge >= 0.3 is 0 Å². The Hall–Kier alpha value is -2.86. The maximum Gasteiger partial charge on any atom is 0.255 e. The minimum atomic E-state index is -0.527. The lowest BCUT2D eigenvalue weighted by Gasteiger charge is -2.28. The molecule has 3 N–H and O–H groups in total. The van der Waals surface area contributed by atoms with Gasteiger partial charge in [-0.05, 0) is 42.5 Å². The van der Waals surface area contributed by atoms with E-state index in [0.29, 0.717) is 16.8 Å². The molecule has 24 heavy (non-hydrogen) atoms. The molecular formula is C18H19N3O3. The minimum Gasteiger partial charge on any atom is -0.378 e. The summed E-state index contributed by atoms with van der Waals surface area (Å²) in [6.07, 6.45) is 0. The number of ether oxygens (including phenoxy) is 1. The lowest BCUT2D eigenvalue weighted by Crippen LogP contribution is -2.36. The number of hydrogen-bond donors (Lipinski definition) is 2. The number of nitrogens with one attached hydrogen (secondary N) is 1. The molecule has 0 bridgehead atoms. The Morgan fingerprint density at radius 1 is 1.00 bits per heavy atom. The highest BCUT2D eigenvalue weighted by atomic mass is 16.5. The van der Waals surface area contributed by atoms with E-state index in [9.17, 15) is 9.59 Å². The highest BCUT2D eigenvalue weighted by Gasteiger charge is 2.12. The summed E-state index contributed by atoms with van der Waals surface area (Å²) < 4.78 is 5.34. The van der Waals surface area contributed by atoms with Crippen molar-refractivity contribution in [2.75, 3.05) is 36.5 Å². The van der Waals surface area contributed by atoms with Crippen LogP contribution in [0.15, 0.2) is 48.5 Å². The number of hydrogen-bond acceptors (Lipinski definition) is 4. The number of carbonyl (C=O) groups is 2. The van der Waals surface area contributed by atoms with Gasteiger partial charge in [0.1, 0.15) is 0 Å². The summed E-state index contributed by atoms with van der Waals surface area (Å²) in [5.74, 6) is -0.758. The Kier molecular flexibility index (Phi) is 4.77. The quantitative estimate of drug-likeness (QED) is 0.899. The van der Waals surface area contributed by atoms with Gasteiger partial charge < -0.3 is 20.7 Å². The van der Waals surface area contributed by atoms with Crippen molar-refractivity contribution in [1.82, 2.24) is 0 Å². The Morgan fingerprint density at radius 3 is 2.38 bits per heavy atom. The number of amides is 2. The van der Waals surface area contributed by atoms with Crippen molar-refractivity contribution in [2.45, 2.75) is 0 Å². The van der Waals surface area contributed by atoms with Gasteiger partial charge in [0.25, 0.3) is 5.91 Å². The molecule has 1 aliphatic heterocycles. The van der Waals surface area contributed by atoms with Crippen LogP contribution in [0.3, 0.4) is 0 Å². The van der Waals surface area contributed by atoms with Crippen LogP contribution in [0.25, 0.3) is 0 Å². The average Bonchev–Trinajstić information content (AvgIpc) is 2.63. The molecule has 0 unspecified atom stereocenters. The number of anilines is 2. The summed E-state index contributed by atoms with van der Waals surface area (Å²) in [6.45, 7) is 3.15. The Labute approximate surface area is 140 Å². The number of nitrogens with two attached hydrogens (primary N) is 1. The minimum absolute atomic E-state index is 0.231. The Morgan fingerprint density at radius 2 is 1.71 bits per heavy atom. The van der Waals surface area contributed by atoms with Crippen LogP contribution in [0.2, 0.25) is 0 Å². The molecule has 6 nitrogen and oxygen atoms in total. The van der Waals surface area contributed by atoms with Crippen LogP contribution in [0.1, 0.15) is 20.7 Å². The van der Waals surface area contributed by atoms with E-state index in [1.807, 2.05) is 12.1 Å². The van der Waals surface area contributed by atoms with Crippen LogP contribution in [-0.4, -0.2) is 38.1 Å². The average molecular weight is 325 g/mol. The maximum atomic E-state index is 12.3. The second-order valence-electron chi connectivity index (χ2n) is 5.55. The number of rotatable bonds is 4. The number of primary amides is 1. The molecule has 0 radical (unpaired) electrons. The molecule has 6 heteroatoms. The molecule has 1 saturated heterocycles. The van der Waals surface area contributed by atoms with Crippen molar-refractivity contribution in [1.29, 1.82) is 0 Å². The fraction of sp³-hybridized carbons (Fsp3) is 0.222. The van der Waals surface area contributed by atoms with E-state index in [1.54, 1.807) is 36.4 Å². The van der Waals surface area contributed by atoms with Crippen molar-refractivity contribution in [3.63, 3.8) is 0 Å². The molecule has 0 aromatic heterocycles. The van der Waals surface area contributed by atoms with Gasteiger partial charge in [0.2, 0.25) is 5.91 Å². The number of nitrogens with zero attached hydrogens (tertiary/aromatic N) is 1. The molecule has 0 spiro atoms. The van der Waals surface area contributed by atoms with Crippen molar-refractivity contribution in [2.24, 2.45) is 5.73 Å². The summed E-state index contributed by atoms with van der Waals surface area (Å²) in [4.78, 5) is 25.7. The van der Waals surface area contributed by atoms with Gasteiger partial charge in [-0.1, -0.05) is 6.07 Å². The van der Waals surface area contributed by atoms with Crippen LogP contribution in [0, 0.1) is 0 Å². The van der Waals surface area contributed by atoms with E-state index in [1.165, 1.54) is 0 Å². The number of benzene rings is 2. The molecule has 0 aliphatic carbocycles. The van der Waals surface area contributed by atoms with Crippen LogP contribution in [0.4, 0.5) is 11.4 Å². The van der Waals surface area contributed by atoms with E-state index < -0.39 is 5.91 Å². The molecular weight excluding hydrogens is 306 g/mol. The Balaban J connectivity index is 1.68. The third-order valence-electron chi connectivity index (χ3n) is 3.91. The largest absolute Gasteiger partial charge is 0.378 e. The fourth-order valence-electron chi connectivity index (χ4n) is 2.60. The molecule has 1 heterocycles. The first-order valence-corrected chi connectivity index (χ1v) is 7.77. The van der Waals surface area contributed by atoms with Crippen LogP contribution >= 0.6 is 0 Å². The SMILES string of the molecule is NC(=O)c1cccc(NC(=O)c2ccc(N3CCOCC3)cc2)c1. The van der Waals surface area contributed by atoms with Gasteiger partial charge in [-0.15, -0.1) is 0 Å². The van der Waals surface area contributed by atoms with E-state index in [2.05, 4.69) is 10.2 Å². The zero-order valence-corrected chi connectivity index (χ0v) is 13.2. The van der Waals surface area contributed by atoms with Gasteiger partial charge in [-0.3, -0.25) is 9.59 Å². The summed E-state index contributed by atoms with van der Waals surface area (Å²) in [5, 5.41) is 2.77. The van der Waals surface area contributed by atoms with Crippen molar-refractivity contribution >= 4 is 23.2 Å². The van der Waals surface area contributed by atoms with Crippen molar-refractivity contribution < 1.29 is 14.3 Å². The normalized spacial score (nSPS) is 14.2. The highest BCUT2D eigenvalue weighted by molar-refractivity contribution is 6.05. The summed E-state index contributed by atoms with van der Waals surface area (Å²) in [5.41, 5.74) is 7.77. The monoisotopic (exact) mass is 325 g/mol. The third-order valence-corrected chi connectivity index (χ3v) is 3.91. The highest BCUT2D eigenvalue weighted by Crippen LogP contribution is 2.18. The van der Waals surface area contributed by atoms with E-state index in [-0.39, 0.29) is 5.91 Å².